The number of rotatable bonds is 7. The molecular weight excluding hydrogens is 328 g/mol. The van der Waals surface area contributed by atoms with Crippen LogP contribution in [0.5, 0.6) is 0 Å². The Hall–Kier alpha value is -1.46. The third kappa shape index (κ3) is 4.30. The van der Waals surface area contributed by atoms with Crippen LogP contribution in [0.3, 0.4) is 0 Å². The smallest absolute Gasteiger partial charge is 0.287 e. The minimum absolute atomic E-state index is 0.0946. The molecule has 0 radical (unpaired) electrons. The van der Waals surface area contributed by atoms with E-state index in [2.05, 4.69) is 5.32 Å². The van der Waals surface area contributed by atoms with Crippen molar-refractivity contribution in [3.8, 4) is 0 Å². The Balaban J connectivity index is 2.03. The van der Waals surface area contributed by atoms with Gasteiger partial charge < -0.3 is 23.9 Å². The third-order valence-corrected chi connectivity index (χ3v) is 5.10. The number of carbonyl (C=O) groups is 1. The van der Waals surface area contributed by atoms with Crippen LogP contribution in [0.25, 0.3) is 0 Å². The maximum absolute atomic E-state index is 12.4. The molecule has 130 valence electrons. The second-order valence-electron chi connectivity index (χ2n) is 4.75. The Labute approximate surface area is 134 Å². The number of hydrogen-bond donors (Lipinski definition) is 1. The van der Waals surface area contributed by atoms with E-state index in [1.165, 1.54) is 30.7 Å². The van der Waals surface area contributed by atoms with Gasteiger partial charge in [-0.3, -0.25) is 4.79 Å². The van der Waals surface area contributed by atoms with Gasteiger partial charge in [-0.15, -0.1) is 0 Å². The molecule has 0 unspecified atom stereocenters. The van der Waals surface area contributed by atoms with Gasteiger partial charge in [-0.1, -0.05) is 0 Å². The SMILES string of the molecule is COC(CNC(=O)c1ccc(S(=O)(=O)N2CCOCC2)o1)OC. The summed E-state index contributed by atoms with van der Waals surface area (Å²) in [6.07, 6.45) is -0.592. The minimum Gasteiger partial charge on any atom is -0.438 e. The van der Waals surface area contributed by atoms with Gasteiger partial charge in [0.15, 0.2) is 12.1 Å². The molecular formula is C13H20N2O7S. The van der Waals surface area contributed by atoms with Crippen molar-refractivity contribution < 1.29 is 31.8 Å². The molecule has 0 atom stereocenters. The molecule has 10 heteroatoms. The Morgan fingerprint density at radius 2 is 1.96 bits per heavy atom. The van der Waals surface area contributed by atoms with E-state index in [1.54, 1.807) is 0 Å². The van der Waals surface area contributed by atoms with Gasteiger partial charge in [0, 0.05) is 27.3 Å². The normalized spacial score (nSPS) is 16.7. The third-order valence-electron chi connectivity index (χ3n) is 3.32. The fourth-order valence-electron chi connectivity index (χ4n) is 2.02. The van der Waals surface area contributed by atoms with E-state index in [1.807, 2.05) is 0 Å². The number of carbonyl (C=O) groups excluding carboxylic acids is 1. The van der Waals surface area contributed by atoms with Crippen molar-refractivity contribution in [2.75, 3.05) is 47.1 Å². The lowest BCUT2D eigenvalue weighted by Gasteiger charge is -2.24. The van der Waals surface area contributed by atoms with Crippen LogP contribution in [-0.2, 0) is 24.2 Å². The molecule has 9 nitrogen and oxygen atoms in total. The lowest BCUT2D eigenvalue weighted by atomic mass is 10.4. The van der Waals surface area contributed by atoms with Gasteiger partial charge in [-0.05, 0) is 12.1 Å². The maximum Gasteiger partial charge on any atom is 0.287 e. The van der Waals surface area contributed by atoms with Crippen LogP contribution in [0.15, 0.2) is 21.6 Å². The van der Waals surface area contributed by atoms with Crippen LogP contribution < -0.4 is 5.32 Å². The van der Waals surface area contributed by atoms with Crippen molar-refractivity contribution in [2.24, 2.45) is 0 Å². The molecule has 0 saturated carbocycles. The second-order valence-corrected chi connectivity index (χ2v) is 6.62. The highest BCUT2D eigenvalue weighted by Crippen LogP contribution is 2.19. The highest BCUT2D eigenvalue weighted by atomic mass is 32.2. The Morgan fingerprint density at radius 3 is 2.57 bits per heavy atom. The summed E-state index contributed by atoms with van der Waals surface area (Å²) in [6.45, 7) is 1.30. The Bertz CT molecular complexity index is 618. The number of ether oxygens (including phenoxy) is 3. The second kappa shape index (κ2) is 7.88. The number of morpholine rings is 1. The predicted molar refractivity (Wildman–Crippen MR) is 78.4 cm³/mol. The van der Waals surface area contributed by atoms with Crippen LogP contribution >= 0.6 is 0 Å². The molecule has 1 saturated heterocycles. The number of amides is 1. The average Bonchev–Trinajstić information content (AvgIpc) is 3.07. The molecule has 0 spiro atoms. The summed E-state index contributed by atoms with van der Waals surface area (Å²) in [4.78, 5) is 12.0. The summed E-state index contributed by atoms with van der Waals surface area (Å²) in [5, 5.41) is 2.27. The van der Waals surface area contributed by atoms with Gasteiger partial charge in [-0.25, -0.2) is 8.42 Å². The largest absolute Gasteiger partial charge is 0.438 e. The minimum atomic E-state index is -3.76. The zero-order valence-corrected chi connectivity index (χ0v) is 13.8. The first-order valence-electron chi connectivity index (χ1n) is 7.00. The topological polar surface area (TPSA) is 107 Å². The molecule has 1 aliphatic rings. The Morgan fingerprint density at radius 1 is 1.30 bits per heavy atom. The van der Waals surface area contributed by atoms with Gasteiger partial charge in [0.05, 0.1) is 19.8 Å². The molecule has 1 fully saturated rings. The Kier molecular flexibility index (Phi) is 6.13. The highest BCUT2D eigenvalue weighted by Gasteiger charge is 2.30. The van der Waals surface area contributed by atoms with E-state index < -0.39 is 22.2 Å². The van der Waals surface area contributed by atoms with Crippen LogP contribution in [0.1, 0.15) is 10.6 Å². The molecule has 1 N–H and O–H groups in total. The van der Waals surface area contributed by atoms with E-state index in [-0.39, 0.29) is 30.5 Å². The molecule has 2 rings (SSSR count). The molecule has 0 bridgehead atoms. The number of methoxy groups -OCH3 is 2. The summed E-state index contributed by atoms with van der Waals surface area (Å²) in [5.74, 6) is -0.643. The zero-order valence-electron chi connectivity index (χ0n) is 13.0. The molecule has 1 aromatic heterocycles. The standard InChI is InChI=1S/C13H20N2O7S/c1-19-11(20-2)9-14-13(16)10-3-4-12(22-10)23(17,18)15-5-7-21-8-6-15/h3-4,11H,5-9H2,1-2H3,(H,14,16). The molecule has 2 heterocycles. The van der Waals surface area contributed by atoms with Crippen molar-refractivity contribution in [1.82, 2.24) is 9.62 Å². The monoisotopic (exact) mass is 348 g/mol. The number of sulfonamides is 1. The van der Waals surface area contributed by atoms with E-state index in [0.717, 1.165) is 0 Å². The van der Waals surface area contributed by atoms with E-state index in [9.17, 15) is 13.2 Å². The van der Waals surface area contributed by atoms with Gasteiger partial charge >= 0.3 is 0 Å². The van der Waals surface area contributed by atoms with E-state index >= 15 is 0 Å². The summed E-state index contributed by atoms with van der Waals surface area (Å²) in [5.41, 5.74) is 0. The van der Waals surface area contributed by atoms with Gasteiger partial charge in [0.1, 0.15) is 0 Å². The van der Waals surface area contributed by atoms with Crippen LogP contribution in [0, 0.1) is 0 Å². The first-order valence-corrected chi connectivity index (χ1v) is 8.44. The van der Waals surface area contributed by atoms with Crippen molar-refractivity contribution in [1.29, 1.82) is 0 Å². The zero-order chi connectivity index (χ0) is 16.9. The maximum atomic E-state index is 12.4. The van der Waals surface area contributed by atoms with Crippen molar-refractivity contribution in [2.45, 2.75) is 11.4 Å². The fourth-order valence-corrected chi connectivity index (χ4v) is 3.34. The van der Waals surface area contributed by atoms with Crippen molar-refractivity contribution in [3.05, 3.63) is 17.9 Å². The highest BCUT2D eigenvalue weighted by molar-refractivity contribution is 7.89. The van der Waals surface area contributed by atoms with Crippen LogP contribution in [0.2, 0.25) is 0 Å². The first kappa shape index (κ1) is 17.9. The molecule has 0 aliphatic carbocycles. The average molecular weight is 348 g/mol. The predicted octanol–water partition coefficient (Wildman–Crippen LogP) is -0.351. The molecule has 0 aromatic carbocycles. The quantitative estimate of drug-likeness (QED) is 0.671. The molecule has 1 amide bonds. The fraction of sp³-hybridized carbons (Fsp3) is 0.615. The van der Waals surface area contributed by atoms with Crippen LogP contribution in [-0.4, -0.2) is 72.0 Å². The summed E-state index contributed by atoms with van der Waals surface area (Å²) < 4.78 is 46.2. The van der Waals surface area contributed by atoms with Crippen molar-refractivity contribution >= 4 is 15.9 Å². The summed E-state index contributed by atoms with van der Waals surface area (Å²) >= 11 is 0. The number of furan rings is 1. The van der Waals surface area contributed by atoms with E-state index in [0.29, 0.717) is 13.2 Å². The van der Waals surface area contributed by atoms with Gasteiger partial charge in [-0.2, -0.15) is 4.31 Å². The first-order chi connectivity index (χ1) is 11.0. The van der Waals surface area contributed by atoms with Crippen LogP contribution in [0.4, 0.5) is 0 Å². The summed E-state index contributed by atoms with van der Waals surface area (Å²) in [7, 11) is -0.869. The molecule has 23 heavy (non-hydrogen) atoms. The lowest BCUT2D eigenvalue weighted by Crippen LogP contribution is -2.40. The van der Waals surface area contributed by atoms with E-state index in [4.69, 9.17) is 18.6 Å². The van der Waals surface area contributed by atoms with Crippen molar-refractivity contribution in [3.63, 3.8) is 0 Å². The van der Waals surface area contributed by atoms with Gasteiger partial charge in [0.25, 0.3) is 15.9 Å². The number of nitrogens with one attached hydrogen (secondary N) is 1. The lowest BCUT2D eigenvalue weighted by molar-refractivity contribution is -0.0975. The van der Waals surface area contributed by atoms with Gasteiger partial charge in [0.2, 0.25) is 5.09 Å². The number of hydrogen-bond acceptors (Lipinski definition) is 7. The molecule has 1 aromatic rings. The number of nitrogens with zero attached hydrogens (tertiary/aromatic N) is 1. The molecule has 1 aliphatic heterocycles. The summed E-state index contributed by atoms with van der Waals surface area (Å²) in [6, 6.07) is 2.58.